The van der Waals surface area contributed by atoms with E-state index < -0.39 is 5.60 Å². The van der Waals surface area contributed by atoms with Crippen LogP contribution in [0.15, 0.2) is 11.6 Å². The molecule has 0 aromatic carbocycles. The summed E-state index contributed by atoms with van der Waals surface area (Å²) in [5.41, 5.74) is 0.488. The quantitative estimate of drug-likeness (QED) is 0.711. The van der Waals surface area contributed by atoms with Crippen LogP contribution >= 0.6 is 0 Å². The van der Waals surface area contributed by atoms with E-state index in [2.05, 4.69) is 13.8 Å². The molecule has 0 amide bonds. The highest BCUT2D eigenvalue weighted by Gasteiger charge is 2.67. The first kappa shape index (κ1) is 17.9. The molecule has 0 saturated heterocycles. The van der Waals surface area contributed by atoms with E-state index in [9.17, 15) is 14.7 Å². The van der Waals surface area contributed by atoms with Crippen molar-refractivity contribution < 1.29 is 19.4 Å². The molecule has 4 heteroatoms. The van der Waals surface area contributed by atoms with Crippen LogP contribution in [0.4, 0.5) is 0 Å². The van der Waals surface area contributed by atoms with Gasteiger partial charge in [-0.2, -0.15) is 0 Å². The fraction of sp³-hybridized carbons (Fsp3) is 0.826. The zero-order valence-corrected chi connectivity index (χ0v) is 16.6. The van der Waals surface area contributed by atoms with Crippen LogP contribution in [-0.2, 0) is 14.3 Å². The molecule has 0 bridgehead atoms. The van der Waals surface area contributed by atoms with E-state index in [0.717, 1.165) is 63.4 Å². The number of aliphatic hydroxyl groups is 1. The normalized spacial score (nSPS) is 51.9. The third-order valence-electron chi connectivity index (χ3n) is 9.80. The maximum Gasteiger partial charge on any atom is 0.331 e. The third-order valence-corrected chi connectivity index (χ3v) is 9.80. The summed E-state index contributed by atoms with van der Waals surface area (Å²) in [6.45, 7) is 5.08. The summed E-state index contributed by atoms with van der Waals surface area (Å²) in [4.78, 5) is 23.7. The first-order chi connectivity index (χ1) is 12.8. The Kier molecular flexibility index (Phi) is 3.77. The summed E-state index contributed by atoms with van der Waals surface area (Å²) in [6, 6.07) is 0. The van der Waals surface area contributed by atoms with Crippen LogP contribution in [0.2, 0.25) is 0 Å². The van der Waals surface area contributed by atoms with E-state index in [0.29, 0.717) is 30.1 Å². The number of hydrogen-bond donors (Lipinski definition) is 1. The van der Waals surface area contributed by atoms with Gasteiger partial charge >= 0.3 is 5.97 Å². The second-order valence-electron chi connectivity index (χ2n) is 10.5. The maximum absolute atomic E-state index is 12.1. The van der Waals surface area contributed by atoms with Crippen LogP contribution < -0.4 is 0 Å². The Bertz CT molecular complexity index is 726. The molecule has 1 heterocycles. The monoisotopic (exact) mass is 372 g/mol. The van der Waals surface area contributed by atoms with Crippen LogP contribution in [0.25, 0.3) is 0 Å². The molecule has 0 aromatic rings. The molecule has 4 fully saturated rings. The average Bonchev–Trinajstić information content (AvgIpc) is 3.16. The zero-order chi connectivity index (χ0) is 19.0. The second kappa shape index (κ2) is 5.68. The summed E-state index contributed by atoms with van der Waals surface area (Å²) >= 11 is 0. The number of ketones is 1. The maximum atomic E-state index is 12.1. The lowest BCUT2D eigenvalue weighted by Crippen LogP contribution is -2.62. The number of esters is 1. The van der Waals surface area contributed by atoms with Crippen molar-refractivity contribution in [2.24, 2.45) is 34.5 Å². The molecule has 1 N–H and O–H groups in total. The molecule has 1 aliphatic heterocycles. The number of Topliss-reactive ketones (excluding diaryl/α,β-unsaturated/α-hetero) is 1. The van der Waals surface area contributed by atoms with Crippen LogP contribution in [0.3, 0.4) is 0 Å². The summed E-state index contributed by atoms with van der Waals surface area (Å²) in [6.07, 6.45) is 10.2. The predicted molar refractivity (Wildman–Crippen MR) is 101 cm³/mol. The molecule has 148 valence electrons. The van der Waals surface area contributed by atoms with Crippen molar-refractivity contribution >= 4 is 11.8 Å². The Balaban J connectivity index is 1.48. The molecule has 0 radical (unpaired) electrons. The van der Waals surface area contributed by atoms with Crippen LogP contribution in [0, 0.1) is 34.5 Å². The van der Waals surface area contributed by atoms with E-state index in [1.54, 1.807) is 6.08 Å². The van der Waals surface area contributed by atoms with E-state index in [1.807, 2.05) is 0 Å². The van der Waals surface area contributed by atoms with Crippen LogP contribution in [0.5, 0.6) is 0 Å². The van der Waals surface area contributed by atoms with Crippen molar-refractivity contribution in [1.29, 1.82) is 0 Å². The number of carbonyl (C=O) groups is 2. The molecule has 27 heavy (non-hydrogen) atoms. The molecule has 4 saturated carbocycles. The molecule has 4 nitrogen and oxygen atoms in total. The average molecular weight is 373 g/mol. The molecule has 0 aromatic heterocycles. The fourth-order valence-corrected chi connectivity index (χ4v) is 8.20. The van der Waals surface area contributed by atoms with Crippen LogP contribution in [0.1, 0.15) is 71.6 Å². The lowest BCUT2D eigenvalue weighted by molar-refractivity contribution is -0.203. The van der Waals surface area contributed by atoms with Gasteiger partial charge in [-0.05, 0) is 79.6 Å². The molecule has 7 atom stereocenters. The highest BCUT2D eigenvalue weighted by molar-refractivity contribution is 5.85. The molecule has 5 rings (SSSR count). The van der Waals surface area contributed by atoms with Crippen molar-refractivity contribution in [3.05, 3.63) is 11.6 Å². The van der Waals surface area contributed by atoms with E-state index in [1.165, 1.54) is 0 Å². The number of rotatable bonds is 1. The number of hydrogen-bond acceptors (Lipinski definition) is 4. The Morgan fingerprint density at radius 3 is 2.59 bits per heavy atom. The van der Waals surface area contributed by atoms with Gasteiger partial charge in [-0.3, -0.25) is 4.79 Å². The van der Waals surface area contributed by atoms with Gasteiger partial charge in [0.25, 0.3) is 0 Å². The minimum atomic E-state index is -0.650. The lowest BCUT2D eigenvalue weighted by atomic mass is 9.43. The summed E-state index contributed by atoms with van der Waals surface area (Å²) in [7, 11) is 0. The van der Waals surface area contributed by atoms with E-state index >= 15 is 0 Å². The number of carbonyl (C=O) groups excluding carboxylic acids is 2. The largest absolute Gasteiger partial charge is 0.458 e. The standard InChI is InChI=1S/C23H32O4/c1-21-8-5-16(24)12-15(21)3-4-19-18(21)6-9-22(2)17(7-10-23(19,22)26)14-11-20(25)27-13-14/h11,15,17-19,26H,3-10,12-13H2,1-2H3/t15?,17?,18?,19?,21-,22+,23?/m0/s1. The van der Waals surface area contributed by atoms with Gasteiger partial charge in [0, 0.05) is 24.3 Å². The second-order valence-corrected chi connectivity index (χ2v) is 10.5. The number of cyclic esters (lactones) is 1. The van der Waals surface area contributed by atoms with Crippen molar-refractivity contribution in [3.8, 4) is 0 Å². The van der Waals surface area contributed by atoms with Gasteiger partial charge in [0.2, 0.25) is 0 Å². The van der Waals surface area contributed by atoms with Gasteiger partial charge in [0.05, 0.1) is 5.60 Å². The predicted octanol–water partition coefficient (Wildman–Crippen LogP) is 3.81. The first-order valence-electron chi connectivity index (χ1n) is 10.9. The summed E-state index contributed by atoms with van der Waals surface area (Å²) < 4.78 is 5.19. The molecular weight excluding hydrogens is 340 g/mol. The van der Waals surface area contributed by atoms with E-state index in [-0.39, 0.29) is 22.7 Å². The first-order valence-corrected chi connectivity index (χ1v) is 10.9. The van der Waals surface area contributed by atoms with Gasteiger partial charge in [0.1, 0.15) is 12.4 Å². The van der Waals surface area contributed by atoms with Gasteiger partial charge in [-0.1, -0.05) is 13.8 Å². The smallest absolute Gasteiger partial charge is 0.331 e. The molecule has 0 spiro atoms. The van der Waals surface area contributed by atoms with Crippen molar-refractivity contribution in [2.75, 3.05) is 6.61 Å². The number of ether oxygens (including phenoxy) is 1. The lowest BCUT2D eigenvalue weighted by Gasteiger charge is -2.63. The van der Waals surface area contributed by atoms with Gasteiger partial charge in [0.15, 0.2) is 0 Å². The molecule has 4 aliphatic carbocycles. The molecular formula is C23H32O4. The van der Waals surface area contributed by atoms with Gasteiger partial charge in [-0.15, -0.1) is 0 Å². The van der Waals surface area contributed by atoms with Crippen molar-refractivity contribution in [3.63, 3.8) is 0 Å². The fourth-order valence-electron chi connectivity index (χ4n) is 8.20. The minimum absolute atomic E-state index is 0.165. The van der Waals surface area contributed by atoms with Crippen molar-refractivity contribution in [1.82, 2.24) is 0 Å². The third kappa shape index (κ3) is 2.25. The molecule has 5 aliphatic rings. The SMILES string of the molecule is C[C@]12CCC(=O)CC1CCC1C2CC[C@]2(C)C(C3=CC(=O)OC3)CCC12O. The zero-order valence-electron chi connectivity index (χ0n) is 16.6. The Labute approximate surface area is 161 Å². The Hall–Kier alpha value is -1.16. The summed E-state index contributed by atoms with van der Waals surface area (Å²) in [5.74, 6) is 1.83. The van der Waals surface area contributed by atoms with Gasteiger partial charge < -0.3 is 9.84 Å². The highest BCUT2D eigenvalue weighted by Crippen LogP contribution is 2.69. The van der Waals surface area contributed by atoms with Crippen LogP contribution in [-0.4, -0.2) is 29.1 Å². The Morgan fingerprint density at radius 1 is 1.04 bits per heavy atom. The number of fused-ring (bicyclic) bond motifs is 5. The molecule has 5 unspecified atom stereocenters. The Morgan fingerprint density at radius 2 is 1.85 bits per heavy atom. The van der Waals surface area contributed by atoms with Crippen molar-refractivity contribution in [2.45, 2.75) is 77.2 Å². The highest BCUT2D eigenvalue weighted by atomic mass is 16.5. The minimum Gasteiger partial charge on any atom is -0.458 e. The topological polar surface area (TPSA) is 63.6 Å². The summed E-state index contributed by atoms with van der Waals surface area (Å²) in [5, 5.41) is 12.1. The van der Waals surface area contributed by atoms with E-state index in [4.69, 9.17) is 4.74 Å². The van der Waals surface area contributed by atoms with Gasteiger partial charge in [-0.25, -0.2) is 4.79 Å².